The standard InChI is InChI=1S/C15H28O9/c1-6-10(18)15(13(21)9(5-17)23-6)24-8-3-7(4-16)11(19)14(22-2)12(8)20/h6-21H,3-5H2,1-2H3/t6?,7?,8-,9?,10?,11-,12?,13-,14?,15?/m1/s1. The maximum Gasteiger partial charge on any atom is 0.115 e. The average molecular weight is 352 g/mol. The molecular formula is C15H28O9. The van der Waals surface area contributed by atoms with Crippen molar-refractivity contribution in [1.82, 2.24) is 0 Å². The minimum Gasteiger partial charge on any atom is -0.396 e. The highest BCUT2D eigenvalue weighted by Crippen LogP contribution is 2.32. The Morgan fingerprint density at radius 2 is 1.58 bits per heavy atom. The minimum atomic E-state index is -1.28. The first-order chi connectivity index (χ1) is 11.3. The fourth-order valence-corrected chi connectivity index (χ4v) is 3.49. The van der Waals surface area contributed by atoms with E-state index in [1.165, 1.54) is 7.11 Å². The normalized spacial score (nSPS) is 50.0. The molecule has 1 aliphatic heterocycles. The zero-order chi connectivity index (χ0) is 18.0. The maximum atomic E-state index is 10.4. The Morgan fingerprint density at radius 1 is 0.917 bits per heavy atom. The number of ether oxygens (including phenoxy) is 3. The predicted octanol–water partition coefficient (Wildman–Crippen LogP) is -3.01. The molecule has 0 aromatic carbocycles. The summed E-state index contributed by atoms with van der Waals surface area (Å²) >= 11 is 0. The van der Waals surface area contributed by atoms with Crippen molar-refractivity contribution in [2.24, 2.45) is 5.92 Å². The Balaban J connectivity index is 2.14. The molecule has 9 nitrogen and oxygen atoms in total. The van der Waals surface area contributed by atoms with Gasteiger partial charge in [-0.15, -0.1) is 0 Å². The Hall–Kier alpha value is -0.360. The Bertz CT molecular complexity index is 395. The molecular weight excluding hydrogens is 324 g/mol. The summed E-state index contributed by atoms with van der Waals surface area (Å²) in [6.45, 7) is 0.831. The van der Waals surface area contributed by atoms with Crippen LogP contribution in [-0.2, 0) is 14.2 Å². The quantitative estimate of drug-likeness (QED) is 0.304. The van der Waals surface area contributed by atoms with E-state index in [-0.39, 0.29) is 13.0 Å². The molecule has 0 radical (unpaired) electrons. The molecule has 1 heterocycles. The van der Waals surface area contributed by atoms with Gasteiger partial charge in [-0.2, -0.15) is 0 Å². The summed E-state index contributed by atoms with van der Waals surface area (Å²) in [4.78, 5) is 0. The number of rotatable bonds is 5. The highest BCUT2D eigenvalue weighted by atomic mass is 16.6. The van der Waals surface area contributed by atoms with Crippen molar-refractivity contribution in [3.05, 3.63) is 0 Å². The summed E-state index contributed by atoms with van der Waals surface area (Å²) in [7, 11) is 1.33. The molecule has 6 N–H and O–H groups in total. The van der Waals surface area contributed by atoms with Gasteiger partial charge in [0.25, 0.3) is 0 Å². The van der Waals surface area contributed by atoms with Gasteiger partial charge in [0.1, 0.15) is 36.6 Å². The average Bonchev–Trinajstić information content (AvgIpc) is 2.57. The van der Waals surface area contributed by atoms with Crippen LogP contribution in [0.3, 0.4) is 0 Å². The second-order valence-corrected chi connectivity index (χ2v) is 6.54. The third-order valence-electron chi connectivity index (χ3n) is 5.02. The van der Waals surface area contributed by atoms with Crippen molar-refractivity contribution in [2.75, 3.05) is 20.3 Å². The molecule has 1 saturated carbocycles. The zero-order valence-electron chi connectivity index (χ0n) is 13.8. The molecule has 2 fully saturated rings. The van der Waals surface area contributed by atoms with Gasteiger partial charge in [-0.25, -0.2) is 0 Å². The molecule has 1 aliphatic carbocycles. The Kier molecular flexibility index (Phi) is 6.94. The summed E-state index contributed by atoms with van der Waals surface area (Å²) in [6.07, 6.45) is -9.05. The van der Waals surface area contributed by atoms with Gasteiger partial charge in [0.15, 0.2) is 0 Å². The second kappa shape index (κ2) is 8.35. The second-order valence-electron chi connectivity index (χ2n) is 6.54. The fraction of sp³-hybridized carbons (Fsp3) is 1.00. The van der Waals surface area contributed by atoms with Crippen LogP contribution in [0.25, 0.3) is 0 Å². The lowest BCUT2D eigenvalue weighted by Gasteiger charge is -2.46. The molecule has 0 spiro atoms. The van der Waals surface area contributed by atoms with Crippen molar-refractivity contribution in [1.29, 1.82) is 0 Å². The summed E-state index contributed by atoms with van der Waals surface area (Å²) in [5.74, 6) is -0.566. The van der Waals surface area contributed by atoms with E-state index in [4.69, 9.17) is 14.2 Å². The molecule has 0 aromatic rings. The van der Waals surface area contributed by atoms with Crippen molar-refractivity contribution in [3.63, 3.8) is 0 Å². The van der Waals surface area contributed by atoms with Gasteiger partial charge < -0.3 is 44.8 Å². The molecule has 9 heteroatoms. The highest BCUT2D eigenvalue weighted by molar-refractivity contribution is 4.97. The summed E-state index contributed by atoms with van der Waals surface area (Å²) in [5, 5.41) is 59.6. The molecule has 24 heavy (non-hydrogen) atoms. The first kappa shape index (κ1) is 20.0. The third-order valence-corrected chi connectivity index (χ3v) is 5.02. The molecule has 0 aromatic heterocycles. The van der Waals surface area contributed by atoms with Crippen LogP contribution in [0.1, 0.15) is 13.3 Å². The van der Waals surface area contributed by atoms with E-state index in [1.54, 1.807) is 6.92 Å². The van der Waals surface area contributed by atoms with E-state index >= 15 is 0 Å². The molecule has 2 rings (SSSR count). The van der Waals surface area contributed by atoms with Gasteiger partial charge in [-0.3, -0.25) is 0 Å². The molecule has 7 unspecified atom stereocenters. The lowest BCUT2D eigenvalue weighted by molar-refractivity contribution is -0.270. The lowest BCUT2D eigenvalue weighted by Crippen LogP contribution is -2.62. The van der Waals surface area contributed by atoms with Gasteiger partial charge in [-0.05, 0) is 13.3 Å². The number of aliphatic hydroxyl groups is 6. The molecule has 10 atom stereocenters. The van der Waals surface area contributed by atoms with E-state index < -0.39 is 67.5 Å². The predicted molar refractivity (Wildman–Crippen MR) is 80.1 cm³/mol. The van der Waals surface area contributed by atoms with Crippen LogP contribution in [0, 0.1) is 5.92 Å². The van der Waals surface area contributed by atoms with E-state index in [1.807, 2.05) is 0 Å². The van der Waals surface area contributed by atoms with Crippen molar-refractivity contribution in [2.45, 2.75) is 68.3 Å². The molecule has 1 saturated heterocycles. The van der Waals surface area contributed by atoms with E-state index in [0.717, 1.165) is 0 Å². The van der Waals surface area contributed by atoms with Crippen molar-refractivity contribution < 1.29 is 44.8 Å². The highest BCUT2D eigenvalue weighted by Gasteiger charge is 2.49. The summed E-state index contributed by atoms with van der Waals surface area (Å²) in [6, 6.07) is 0. The fourth-order valence-electron chi connectivity index (χ4n) is 3.49. The van der Waals surface area contributed by atoms with Crippen LogP contribution >= 0.6 is 0 Å². The zero-order valence-corrected chi connectivity index (χ0v) is 13.8. The Morgan fingerprint density at radius 3 is 2.12 bits per heavy atom. The van der Waals surface area contributed by atoms with Gasteiger partial charge in [-0.1, -0.05) is 0 Å². The number of hydrogen-bond acceptors (Lipinski definition) is 9. The van der Waals surface area contributed by atoms with Crippen LogP contribution in [0.4, 0.5) is 0 Å². The number of aliphatic hydroxyl groups excluding tert-OH is 6. The SMILES string of the molecule is COC1C(O)[C@H](OC2C(O)C(C)OC(CO)[C@H]2O)CC(CO)[C@H]1O. The lowest BCUT2D eigenvalue weighted by atomic mass is 9.80. The largest absolute Gasteiger partial charge is 0.396 e. The first-order valence-corrected chi connectivity index (χ1v) is 8.13. The van der Waals surface area contributed by atoms with Gasteiger partial charge >= 0.3 is 0 Å². The molecule has 2 aliphatic rings. The number of hydrogen-bond donors (Lipinski definition) is 6. The van der Waals surface area contributed by atoms with Crippen molar-refractivity contribution >= 4 is 0 Å². The van der Waals surface area contributed by atoms with E-state index in [2.05, 4.69) is 0 Å². The topological polar surface area (TPSA) is 149 Å². The first-order valence-electron chi connectivity index (χ1n) is 8.13. The van der Waals surface area contributed by atoms with Gasteiger partial charge in [0.2, 0.25) is 0 Å². The number of methoxy groups -OCH3 is 1. The summed E-state index contributed by atoms with van der Waals surface area (Å²) in [5.41, 5.74) is 0. The smallest absolute Gasteiger partial charge is 0.115 e. The Labute approximate surface area is 140 Å². The van der Waals surface area contributed by atoms with Gasteiger partial charge in [0, 0.05) is 19.6 Å². The molecule has 0 amide bonds. The molecule has 142 valence electrons. The van der Waals surface area contributed by atoms with Crippen molar-refractivity contribution in [3.8, 4) is 0 Å². The van der Waals surface area contributed by atoms with Crippen LogP contribution in [0.2, 0.25) is 0 Å². The van der Waals surface area contributed by atoms with Crippen LogP contribution in [-0.4, -0.2) is 106 Å². The minimum absolute atomic E-state index is 0.133. The summed E-state index contributed by atoms with van der Waals surface area (Å²) < 4.78 is 16.2. The van der Waals surface area contributed by atoms with E-state index in [9.17, 15) is 30.6 Å². The molecule has 0 bridgehead atoms. The monoisotopic (exact) mass is 352 g/mol. The van der Waals surface area contributed by atoms with Crippen LogP contribution in [0.5, 0.6) is 0 Å². The maximum absolute atomic E-state index is 10.4. The van der Waals surface area contributed by atoms with Crippen LogP contribution < -0.4 is 0 Å². The van der Waals surface area contributed by atoms with Gasteiger partial charge in [0.05, 0.1) is 24.9 Å². The third kappa shape index (κ3) is 3.74. The van der Waals surface area contributed by atoms with Crippen LogP contribution in [0.15, 0.2) is 0 Å². The van der Waals surface area contributed by atoms with E-state index in [0.29, 0.717) is 0 Å².